The lowest BCUT2D eigenvalue weighted by Crippen LogP contribution is -2.41. The predicted molar refractivity (Wildman–Crippen MR) is 47.4 cm³/mol. The zero-order chi connectivity index (χ0) is 10.2. The van der Waals surface area contributed by atoms with Crippen LogP contribution in [-0.4, -0.2) is 56.5 Å². The summed E-state index contributed by atoms with van der Waals surface area (Å²) in [7, 11) is 1.69. The molecule has 78 valence electrons. The van der Waals surface area contributed by atoms with E-state index in [2.05, 4.69) is 5.32 Å². The first kappa shape index (κ1) is 12.5. The molecule has 0 saturated heterocycles. The quantitative estimate of drug-likeness (QED) is 0.318. The first-order valence-corrected chi connectivity index (χ1v) is 4.15. The number of carbonyl (C=O) groups excluding carboxylic acids is 1. The summed E-state index contributed by atoms with van der Waals surface area (Å²) in [5, 5.41) is 20.2. The second kappa shape index (κ2) is 6.97. The van der Waals surface area contributed by atoms with Gasteiger partial charge in [0.25, 0.3) is 0 Å². The Hall–Kier alpha value is -0.490. The maximum absolute atomic E-state index is 10.7. The maximum atomic E-state index is 10.7. The number of carbonyl (C=O) groups is 1. The minimum atomic E-state index is -0.885. The molecule has 0 rings (SSSR count). The molecule has 0 aliphatic heterocycles. The van der Waals surface area contributed by atoms with Gasteiger partial charge in [-0.05, 0) is 7.05 Å². The van der Waals surface area contributed by atoms with E-state index in [1.54, 1.807) is 7.05 Å². The summed E-state index contributed by atoms with van der Waals surface area (Å²) in [6, 6.07) is 0. The number of aliphatic hydroxyl groups is 2. The van der Waals surface area contributed by atoms with Gasteiger partial charge in [0.1, 0.15) is 6.29 Å². The van der Waals surface area contributed by atoms with Crippen molar-refractivity contribution in [2.24, 2.45) is 5.41 Å². The van der Waals surface area contributed by atoms with Crippen LogP contribution in [0.1, 0.15) is 0 Å². The molecule has 0 radical (unpaired) electrons. The van der Waals surface area contributed by atoms with Gasteiger partial charge < -0.3 is 25.1 Å². The largest absolute Gasteiger partial charge is 0.395 e. The predicted octanol–water partition coefficient (Wildman–Crippen LogP) is -1.61. The van der Waals surface area contributed by atoms with E-state index >= 15 is 0 Å². The van der Waals surface area contributed by atoms with Gasteiger partial charge in [0, 0.05) is 6.54 Å². The van der Waals surface area contributed by atoms with Crippen LogP contribution in [0.4, 0.5) is 0 Å². The Morgan fingerprint density at radius 1 is 1.54 bits per heavy atom. The number of nitrogens with one attached hydrogen (secondary N) is 1. The fourth-order valence-corrected chi connectivity index (χ4v) is 0.958. The molecule has 0 fully saturated rings. The van der Waals surface area contributed by atoms with Crippen molar-refractivity contribution in [1.82, 2.24) is 5.32 Å². The number of rotatable bonds is 8. The Labute approximate surface area is 77.7 Å². The average molecular weight is 191 g/mol. The summed E-state index contributed by atoms with van der Waals surface area (Å²) in [5.74, 6) is 0. The van der Waals surface area contributed by atoms with Gasteiger partial charge in [-0.25, -0.2) is 0 Å². The standard InChI is InChI=1S/C8H17NO4/c1-9-4-8(5-11,6-12)7-13-3-2-10/h5,9-10,12H,2-4,6-7H2,1H3/t8-/m0/s1. The van der Waals surface area contributed by atoms with E-state index in [0.29, 0.717) is 12.8 Å². The van der Waals surface area contributed by atoms with Crippen molar-refractivity contribution in [3.05, 3.63) is 0 Å². The maximum Gasteiger partial charge on any atom is 0.132 e. The fraction of sp³-hybridized carbons (Fsp3) is 0.875. The zero-order valence-electron chi connectivity index (χ0n) is 7.82. The van der Waals surface area contributed by atoms with Gasteiger partial charge in [-0.1, -0.05) is 0 Å². The Balaban J connectivity index is 3.96. The number of hydrogen-bond acceptors (Lipinski definition) is 5. The molecule has 0 aromatic heterocycles. The van der Waals surface area contributed by atoms with Crippen molar-refractivity contribution in [2.45, 2.75) is 0 Å². The molecule has 0 aromatic carbocycles. The monoisotopic (exact) mass is 191 g/mol. The van der Waals surface area contributed by atoms with Gasteiger partial charge in [-0.15, -0.1) is 0 Å². The highest BCUT2D eigenvalue weighted by Gasteiger charge is 2.28. The molecule has 0 aliphatic carbocycles. The highest BCUT2D eigenvalue weighted by Crippen LogP contribution is 2.11. The molecular formula is C8H17NO4. The fourth-order valence-electron chi connectivity index (χ4n) is 0.958. The van der Waals surface area contributed by atoms with Gasteiger partial charge in [0.15, 0.2) is 0 Å². The molecule has 0 spiro atoms. The normalized spacial score (nSPS) is 15.3. The lowest BCUT2D eigenvalue weighted by molar-refractivity contribution is -0.122. The summed E-state index contributed by atoms with van der Waals surface area (Å²) >= 11 is 0. The third-order valence-corrected chi connectivity index (χ3v) is 1.72. The summed E-state index contributed by atoms with van der Waals surface area (Å²) in [6.07, 6.45) is 0.681. The lowest BCUT2D eigenvalue weighted by Gasteiger charge is -2.24. The van der Waals surface area contributed by atoms with Gasteiger partial charge >= 0.3 is 0 Å². The molecule has 0 aromatic rings. The second-order valence-corrected chi connectivity index (χ2v) is 2.94. The zero-order valence-corrected chi connectivity index (χ0v) is 7.82. The van der Waals surface area contributed by atoms with Crippen LogP contribution >= 0.6 is 0 Å². The van der Waals surface area contributed by atoms with E-state index in [0.717, 1.165) is 0 Å². The molecule has 0 bridgehead atoms. The van der Waals surface area contributed by atoms with Crippen LogP contribution in [0, 0.1) is 5.41 Å². The molecule has 5 heteroatoms. The first-order valence-electron chi connectivity index (χ1n) is 4.15. The van der Waals surface area contributed by atoms with E-state index in [1.807, 2.05) is 0 Å². The number of aliphatic hydroxyl groups excluding tert-OH is 2. The van der Waals surface area contributed by atoms with Crippen molar-refractivity contribution in [3.63, 3.8) is 0 Å². The van der Waals surface area contributed by atoms with Crippen LogP contribution in [-0.2, 0) is 9.53 Å². The lowest BCUT2D eigenvalue weighted by atomic mass is 9.92. The van der Waals surface area contributed by atoms with Crippen molar-refractivity contribution < 1.29 is 19.7 Å². The smallest absolute Gasteiger partial charge is 0.132 e. The van der Waals surface area contributed by atoms with E-state index in [1.165, 1.54) is 0 Å². The van der Waals surface area contributed by atoms with E-state index in [4.69, 9.17) is 14.9 Å². The van der Waals surface area contributed by atoms with Crippen LogP contribution in [0.15, 0.2) is 0 Å². The highest BCUT2D eigenvalue weighted by molar-refractivity contribution is 5.60. The molecule has 13 heavy (non-hydrogen) atoms. The van der Waals surface area contributed by atoms with Crippen LogP contribution in [0.2, 0.25) is 0 Å². The highest BCUT2D eigenvalue weighted by atomic mass is 16.5. The molecule has 5 nitrogen and oxygen atoms in total. The molecule has 0 aliphatic rings. The molecule has 1 atom stereocenters. The summed E-state index contributed by atoms with van der Waals surface area (Å²) in [4.78, 5) is 10.7. The second-order valence-electron chi connectivity index (χ2n) is 2.94. The topological polar surface area (TPSA) is 78.8 Å². The number of aldehydes is 1. The Bertz CT molecular complexity index is 142. The van der Waals surface area contributed by atoms with Crippen LogP contribution < -0.4 is 5.32 Å². The molecule has 0 unspecified atom stereocenters. The third kappa shape index (κ3) is 4.33. The Morgan fingerprint density at radius 2 is 2.23 bits per heavy atom. The third-order valence-electron chi connectivity index (χ3n) is 1.72. The average Bonchev–Trinajstić information content (AvgIpc) is 2.17. The summed E-state index contributed by atoms with van der Waals surface area (Å²) in [6.45, 7) is 0.314. The van der Waals surface area contributed by atoms with Crippen LogP contribution in [0.5, 0.6) is 0 Å². The molecule has 3 N–H and O–H groups in total. The van der Waals surface area contributed by atoms with Crippen LogP contribution in [0.3, 0.4) is 0 Å². The van der Waals surface area contributed by atoms with Gasteiger partial charge in [0.05, 0.1) is 31.8 Å². The Kier molecular flexibility index (Phi) is 6.70. The molecule has 0 saturated carbocycles. The van der Waals surface area contributed by atoms with E-state index in [-0.39, 0.29) is 26.4 Å². The van der Waals surface area contributed by atoms with E-state index < -0.39 is 5.41 Å². The molecular weight excluding hydrogens is 174 g/mol. The van der Waals surface area contributed by atoms with Crippen molar-refractivity contribution >= 4 is 6.29 Å². The number of ether oxygens (including phenoxy) is 1. The van der Waals surface area contributed by atoms with Gasteiger partial charge in [-0.2, -0.15) is 0 Å². The SMILES string of the molecule is CNC[C@](C=O)(CO)COCCO. The minimum Gasteiger partial charge on any atom is -0.395 e. The van der Waals surface area contributed by atoms with Gasteiger partial charge in [0.2, 0.25) is 0 Å². The molecule has 0 heterocycles. The summed E-state index contributed by atoms with van der Waals surface area (Å²) in [5.41, 5.74) is -0.885. The van der Waals surface area contributed by atoms with E-state index in [9.17, 15) is 4.79 Å². The van der Waals surface area contributed by atoms with Gasteiger partial charge in [-0.3, -0.25) is 0 Å². The number of hydrogen-bond donors (Lipinski definition) is 3. The summed E-state index contributed by atoms with van der Waals surface area (Å²) < 4.78 is 5.00. The Morgan fingerprint density at radius 3 is 2.62 bits per heavy atom. The van der Waals surface area contributed by atoms with Crippen molar-refractivity contribution in [1.29, 1.82) is 0 Å². The first-order chi connectivity index (χ1) is 6.24. The minimum absolute atomic E-state index is 0.0834. The van der Waals surface area contributed by atoms with Crippen LogP contribution in [0.25, 0.3) is 0 Å². The molecule has 0 amide bonds. The van der Waals surface area contributed by atoms with Crippen molar-refractivity contribution in [2.75, 3.05) is 40.0 Å². The van der Waals surface area contributed by atoms with Crippen molar-refractivity contribution in [3.8, 4) is 0 Å².